The van der Waals surface area contributed by atoms with Crippen molar-refractivity contribution < 1.29 is 9.53 Å². The van der Waals surface area contributed by atoms with E-state index in [1.165, 1.54) is 6.20 Å². The van der Waals surface area contributed by atoms with E-state index in [0.717, 1.165) is 5.75 Å². The van der Waals surface area contributed by atoms with Gasteiger partial charge in [0, 0.05) is 5.56 Å². The van der Waals surface area contributed by atoms with Crippen molar-refractivity contribution in [2.75, 3.05) is 11.9 Å². The fourth-order valence-electron chi connectivity index (χ4n) is 1.48. The van der Waals surface area contributed by atoms with E-state index in [1.54, 1.807) is 24.3 Å². The Bertz CT molecular complexity index is 618. The van der Waals surface area contributed by atoms with Crippen LogP contribution in [0.5, 0.6) is 5.75 Å². The quantitative estimate of drug-likeness (QED) is 0.850. The highest BCUT2D eigenvalue weighted by Gasteiger charge is 2.10. The number of hydrogen-bond acceptors (Lipinski definition) is 4. The van der Waals surface area contributed by atoms with Crippen molar-refractivity contribution >= 4 is 43.6 Å². The lowest BCUT2D eigenvalue weighted by Gasteiger charge is -2.07. The van der Waals surface area contributed by atoms with E-state index in [-0.39, 0.29) is 5.91 Å². The van der Waals surface area contributed by atoms with Gasteiger partial charge in [-0.15, -0.1) is 0 Å². The molecule has 0 aliphatic carbocycles. The molecule has 2 aromatic rings. The topological polar surface area (TPSA) is 64.1 Å². The Morgan fingerprint density at radius 3 is 2.60 bits per heavy atom. The summed E-state index contributed by atoms with van der Waals surface area (Å²) in [6.45, 7) is 2.50. The van der Waals surface area contributed by atoms with Gasteiger partial charge in [-0.25, -0.2) is 9.97 Å². The van der Waals surface area contributed by atoms with Crippen molar-refractivity contribution in [3.05, 3.63) is 45.2 Å². The van der Waals surface area contributed by atoms with Crippen LogP contribution in [0, 0.1) is 0 Å². The summed E-state index contributed by atoms with van der Waals surface area (Å²) in [6, 6.07) is 6.89. The molecule has 0 aliphatic heterocycles. The van der Waals surface area contributed by atoms with Gasteiger partial charge in [0.1, 0.15) is 15.0 Å². The Labute approximate surface area is 133 Å². The molecule has 104 valence electrons. The molecule has 0 radical (unpaired) electrons. The molecule has 0 aliphatic rings. The molecule has 0 atom stereocenters. The molecule has 0 fully saturated rings. The van der Waals surface area contributed by atoms with E-state index in [9.17, 15) is 4.79 Å². The molecular formula is C13H11Br2N3O2. The molecule has 0 saturated carbocycles. The maximum Gasteiger partial charge on any atom is 0.256 e. The van der Waals surface area contributed by atoms with Gasteiger partial charge in [0.05, 0.1) is 12.8 Å². The second-order valence-electron chi connectivity index (χ2n) is 3.74. The van der Waals surface area contributed by atoms with E-state index >= 15 is 0 Å². The zero-order valence-electron chi connectivity index (χ0n) is 10.6. The number of benzene rings is 1. The lowest BCUT2D eigenvalue weighted by molar-refractivity contribution is 0.102. The molecule has 1 aromatic carbocycles. The van der Waals surface area contributed by atoms with Crippen LogP contribution in [-0.2, 0) is 0 Å². The maximum absolute atomic E-state index is 12.1. The second kappa shape index (κ2) is 6.81. The average Bonchev–Trinajstić information content (AvgIpc) is 2.43. The third-order valence-corrected chi connectivity index (χ3v) is 3.29. The van der Waals surface area contributed by atoms with Crippen LogP contribution in [0.15, 0.2) is 39.7 Å². The van der Waals surface area contributed by atoms with Gasteiger partial charge in [0.2, 0.25) is 0 Å². The van der Waals surface area contributed by atoms with Gasteiger partial charge < -0.3 is 10.1 Å². The molecule has 1 N–H and O–H groups in total. The van der Waals surface area contributed by atoms with Gasteiger partial charge in [0.25, 0.3) is 5.91 Å². The second-order valence-corrected chi connectivity index (χ2v) is 5.31. The first-order chi connectivity index (χ1) is 9.60. The van der Waals surface area contributed by atoms with Crippen LogP contribution in [0.2, 0.25) is 0 Å². The molecule has 0 saturated heterocycles. The Hall–Kier alpha value is -1.47. The Kier molecular flexibility index (Phi) is 5.08. The summed E-state index contributed by atoms with van der Waals surface area (Å²) in [4.78, 5) is 20.2. The normalized spacial score (nSPS) is 10.2. The van der Waals surface area contributed by atoms with E-state index < -0.39 is 0 Å². The number of ether oxygens (including phenoxy) is 1. The van der Waals surface area contributed by atoms with Gasteiger partial charge in [-0.3, -0.25) is 4.79 Å². The number of amides is 1. The zero-order chi connectivity index (χ0) is 14.5. The number of halogens is 2. The SMILES string of the molecule is CCOc1ccc(C(=O)Nc2ncc(Br)nc2Br)cc1. The highest BCUT2D eigenvalue weighted by molar-refractivity contribution is 9.11. The fraction of sp³-hybridized carbons (Fsp3) is 0.154. The number of hydrogen-bond donors (Lipinski definition) is 1. The van der Waals surface area contributed by atoms with E-state index in [2.05, 4.69) is 47.1 Å². The molecule has 0 spiro atoms. The number of rotatable bonds is 4. The maximum atomic E-state index is 12.1. The van der Waals surface area contributed by atoms with E-state index in [1.807, 2.05) is 6.92 Å². The number of carbonyl (C=O) groups excluding carboxylic acids is 1. The largest absolute Gasteiger partial charge is 0.494 e. The van der Waals surface area contributed by atoms with Crippen molar-refractivity contribution in [2.45, 2.75) is 6.92 Å². The predicted molar refractivity (Wildman–Crippen MR) is 83.0 cm³/mol. The highest BCUT2D eigenvalue weighted by Crippen LogP contribution is 2.20. The molecule has 0 unspecified atom stereocenters. The van der Waals surface area contributed by atoms with Crippen LogP contribution in [0.1, 0.15) is 17.3 Å². The van der Waals surface area contributed by atoms with Crippen LogP contribution >= 0.6 is 31.9 Å². The summed E-state index contributed by atoms with van der Waals surface area (Å²) in [5.74, 6) is 0.839. The summed E-state index contributed by atoms with van der Waals surface area (Å²) in [7, 11) is 0. The molecule has 20 heavy (non-hydrogen) atoms. The minimum Gasteiger partial charge on any atom is -0.494 e. The number of nitrogens with zero attached hydrogens (tertiary/aromatic N) is 2. The van der Waals surface area contributed by atoms with Gasteiger partial charge in [-0.1, -0.05) is 0 Å². The first-order valence-corrected chi connectivity index (χ1v) is 7.41. The summed E-state index contributed by atoms with van der Waals surface area (Å²) in [5, 5.41) is 2.68. The monoisotopic (exact) mass is 399 g/mol. The first-order valence-electron chi connectivity index (χ1n) is 5.82. The van der Waals surface area contributed by atoms with Crippen molar-refractivity contribution in [2.24, 2.45) is 0 Å². The number of aromatic nitrogens is 2. The Morgan fingerprint density at radius 1 is 1.30 bits per heavy atom. The van der Waals surface area contributed by atoms with Gasteiger partial charge >= 0.3 is 0 Å². The third-order valence-electron chi connectivity index (χ3n) is 2.36. The standard InChI is InChI=1S/C13H11Br2N3O2/c1-2-20-9-5-3-8(4-6-9)13(19)18-12-11(15)17-10(14)7-16-12/h3-7H,2H2,1H3,(H,16,18,19). The average molecular weight is 401 g/mol. The molecule has 1 aromatic heterocycles. The van der Waals surface area contributed by atoms with Crippen LogP contribution in [-0.4, -0.2) is 22.5 Å². The Morgan fingerprint density at radius 2 is 2.00 bits per heavy atom. The summed E-state index contributed by atoms with van der Waals surface area (Å²) >= 11 is 6.44. The van der Waals surface area contributed by atoms with E-state index in [4.69, 9.17) is 4.74 Å². The smallest absolute Gasteiger partial charge is 0.256 e. The lowest BCUT2D eigenvalue weighted by Crippen LogP contribution is -2.13. The van der Waals surface area contributed by atoms with Crippen LogP contribution in [0.25, 0.3) is 0 Å². The third kappa shape index (κ3) is 3.77. The summed E-state index contributed by atoms with van der Waals surface area (Å²) < 4.78 is 6.37. The number of carbonyl (C=O) groups is 1. The molecule has 5 nitrogen and oxygen atoms in total. The van der Waals surface area contributed by atoms with E-state index in [0.29, 0.717) is 27.2 Å². The number of nitrogens with one attached hydrogen (secondary N) is 1. The predicted octanol–water partition coefficient (Wildman–Crippen LogP) is 3.65. The summed E-state index contributed by atoms with van der Waals surface area (Å²) in [5.41, 5.74) is 0.519. The lowest BCUT2D eigenvalue weighted by atomic mass is 10.2. The molecule has 1 amide bonds. The fourth-order valence-corrected chi connectivity index (χ4v) is 2.39. The molecular weight excluding hydrogens is 390 g/mol. The van der Waals surface area contributed by atoms with Crippen molar-refractivity contribution in [1.29, 1.82) is 0 Å². The minimum absolute atomic E-state index is 0.259. The van der Waals surface area contributed by atoms with Crippen LogP contribution < -0.4 is 10.1 Å². The minimum atomic E-state index is -0.259. The summed E-state index contributed by atoms with van der Waals surface area (Å²) in [6.07, 6.45) is 1.51. The van der Waals surface area contributed by atoms with Crippen molar-refractivity contribution in [3.63, 3.8) is 0 Å². The van der Waals surface area contributed by atoms with Crippen molar-refractivity contribution in [1.82, 2.24) is 9.97 Å². The molecule has 2 rings (SSSR count). The molecule has 1 heterocycles. The highest BCUT2D eigenvalue weighted by atomic mass is 79.9. The molecule has 7 heteroatoms. The Balaban J connectivity index is 2.11. The van der Waals surface area contributed by atoms with Gasteiger partial charge in [-0.2, -0.15) is 0 Å². The zero-order valence-corrected chi connectivity index (χ0v) is 13.7. The van der Waals surface area contributed by atoms with Gasteiger partial charge in [0.15, 0.2) is 5.82 Å². The first kappa shape index (κ1) is 14.9. The van der Waals surface area contributed by atoms with Crippen LogP contribution in [0.3, 0.4) is 0 Å². The van der Waals surface area contributed by atoms with Crippen molar-refractivity contribution in [3.8, 4) is 5.75 Å². The van der Waals surface area contributed by atoms with Crippen LogP contribution in [0.4, 0.5) is 5.82 Å². The van der Waals surface area contributed by atoms with Gasteiger partial charge in [-0.05, 0) is 63.0 Å². The molecule has 0 bridgehead atoms. The number of anilines is 1.